The fraction of sp³-hybridized carbons (Fsp3) is 0.190. The first-order valence-corrected chi connectivity index (χ1v) is 11.5. The number of imide groups is 1. The topological polar surface area (TPSA) is 101 Å². The molecule has 1 unspecified atom stereocenters. The molecule has 1 heterocycles. The van der Waals surface area contributed by atoms with Crippen LogP contribution in [0.4, 0.5) is 5.69 Å². The molecule has 1 aliphatic heterocycles. The molecule has 3 rings (SSSR count). The molecule has 0 spiro atoms. The Morgan fingerprint density at radius 3 is 2.47 bits per heavy atom. The van der Waals surface area contributed by atoms with Gasteiger partial charge in [0.15, 0.2) is 0 Å². The van der Waals surface area contributed by atoms with E-state index in [4.69, 9.17) is 27.9 Å². The maximum absolute atomic E-state index is 13.3. The lowest BCUT2D eigenvalue weighted by molar-refractivity contribution is -0.132. The smallest absolute Gasteiger partial charge is 0.308 e. The number of amides is 2. The van der Waals surface area contributed by atoms with E-state index in [0.29, 0.717) is 0 Å². The third-order valence-electron chi connectivity index (χ3n) is 4.62. The van der Waals surface area contributed by atoms with Gasteiger partial charge in [0, 0.05) is 18.5 Å². The summed E-state index contributed by atoms with van der Waals surface area (Å²) in [5.74, 6) is -1.58. The van der Waals surface area contributed by atoms with Gasteiger partial charge in [-0.3, -0.25) is 14.4 Å². The van der Waals surface area contributed by atoms with E-state index in [1.807, 2.05) is 0 Å². The number of nitrogens with zero attached hydrogens (tertiary/aromatic N) is 2. The van der Waals surface area contributed by atoms with E-state index in [0.717, 1.165) is 9.21 Å². The molecule has 168 valence electrons. The summed E-state index contributed by atoms with van der Waals surface area (Å²) in [7, 11) is -4.29. The van der Waals surface area contributed by atoms with Crippen LogP contribution in [0.1, 0.15) is 13.3 Å². The summed E-state index contributed by atoms with van der Waals surface area (Å²) < 4.78 is 32.5. The molecule has 1 aliphatic rings. The van der Waals surface area contributed by atoms with Crippen molar-refractivity contribution >= 4 is 56.7 Å². The van der Waals surface area contributed by atoms with E-state index in [1.54, 1.807) is 0 Å². The fourth-order valence-corrected chi connectivity index (χ4v) is 5.55. The Bertz CT molecular complexity index is 1200. The van der Waals surface area contributed by atoms with Crippen LogP contribution in [0.25, 0.3) is 0 Å². The zero-order valence-corrected chi connectivity index (χ0v) is 19.2. The molecule has 11 heteroatoms. The Balaban J connectivity index is 1.96. The van der Waals surface area contributed by atoms with Crippen molar-refractivity contribution in [3.05, 3.63) is 65.2 Å². The van der Waals surface area contributed by atoms with Crippen LogP contribution in [-0.4, -0.2) is 43.1 Å². The lowest BCUT2D eigenvalue weighted by atomic mass is 10.2. The molecule has 32 heavy (non-hydrogen) atoms. The maximum Gasteiger partial charge on any atom is 0.308 e. The number of carbonyl (C=O) groups is 3. The number of sulfonamides is 1. The molecule has 2 aromatic rings. The Morgan fingerprint density at radius 2 is 1.88 bits per heavy atom. The number of esters is 1. The summed E-state index contributed by atoms with van der Waals surface area (Å²) in [5.41, 5.74) is 0.218. The number of hydrogen-bond acceptors (Lipinski definition) is 6. The molecular formula is C21H18Cl2N2O6S. The summed E-state index contributed by atoms with van der Waals surface area (Å²) in [6.07, 6.45) is 0.945. The Hall–Kier alpha value is -2.72. The van der Waals surface area contributed by atoms with Gasteiger partial charge in [0.1, 0.15) is 16.7 Å². The van der Waals surface area contributed by atoms with Crippen molar-refractivity contribution in [1.82, 2.24) is 4.31 Å². The SMILES string of the molecule is C=CCN(C1CC(=O)N(c2ccc(OC(C)=O)cc2)C1=O)S(=O)(=O)c1cc(Cl)ccc1Cl. The number of carbonyl (C=O) groups excluding carboxylic acids is 3. The Kier molecular flexibility index (Phi) is 7.04. The first-order valence-electron chi connectivity index (χ1n) is 9.29. The third kappa shape index (κ3) is 4.71. The van der Waals surface area contributed by atoms with Crippen LogP contribution in [-0.2, 0) is 24.4 Å². The highest BCUT2D eigenvalue weighted by molar-refractivity contribution is 7.89. The summed E-state index contributed by atoms with van der Waals surface area (Å²) in [4.78, 5) is 37.5. The minimum Gasteiger partial charge on any atom is -0.427 e. The summed E-state index contributed by atoms with van der Waals surface area (Å²) in [6.45, 7) is 4.57. The first-order chi connectivity index (χ1) is 15.1. The molecule has 0 N–H and O–H groups in total. The highest BCUT2D eigenvalue weighted by Gasteiger charge is 2.47. The Labute approximate surface area is 195 Å². The summed E-state index contributed by atoms with van der Waals surface area (Å²) in [6, 6.07) is 8.36. The van der Waals surface area contributed by atoms with Gasteiger partial charge in [-0.25, -0.2) is 13.3 Å². The molecule has 2 amide bonds. The van der Waals surface area contributed by atoms with E-state index >= 15 is 0 Å². The van der Waals surface area contributed by atoms with Gasteiger partial charge in [0.25, 0.3) is 5.91 Å². The van der Waals surface area contributed by atoms with Gasteiger partial charge >= 0.3 is 5.97 Å². The van der Waals surface area contributed by atoms with Crippen LogP contribution in [0.15, 0.2) is 60.0 Å². The average Bonchev–Trinajstić information content (AvgIpc) is 3.01. The molecule has 0 aromatic heterocycles. The molecular weight excluding hydrogens is 479 g/mol. The highest BCUT2D eigenvalue weighted by atomic mass is 35.5. The van der Waals surface area contributed by atoms with E-state index < -0.39 is 33.8 Å². The van der Waals surface area contributed by atoms with E-state index in [1.165, 1.54) is 55.5 Å². The van der Waals surface area contributed by atoms with E-state index in [-0.39, 0.29) is 39.3 Å². The molecule has 1 atom stereocenters. The predicted molar refractivity (Wildman–Crippen MR) is 119 cm³/mol. The van der Waals surface area contributed by atoms with Crippen LogP contribution in [0.5, 0.6) is 5.75 Å². The van der Waals surface area contributed by atoms with Crippen LogP contribution >= 0.6 is 23.2 Å². The number of halogens is 2. The normalized spacial score (nSPS) is 16.5. The van der Waals surface area contributed by atoms with Gasteiger partial charge in [0.05, 0.1) is 17.1 Å². The second-order valence-electron chi connectivity index (χ2n) is 6.81. The fourth-order valence-electron chi connectivity index (χ4n) is 3.26. The molecule has 2 aromatic carbocycles. The van der Waals surface area contributed by atoms with Gasteiger partial charge in [-0.1, -0.05) is 29.3 Å². The number of ether oxygens (including phenoxy) is 1. The highest BCUT2D eigenvalue weighted by Crippen LogP contribution is 2.33. The lowest BCUT2D eigenvalue weighted by Gasteiger charge is -2.26. The van der Waals surface area contributed by atoms with Gasteiger partial charge in [-0.15, -0.1) is 6.58 Å². The van der Waals surface area contributed by atoms with Crippen molar-refractivity contribution in [2.45, 2.75) is 24.3 Å². The van der Waals surface area contributed by atoms with Crippen LogP contribution in [0.2, 0.25) is 10.0 Å². The summed E-state index contributed by atoms with van der Waals surface area (Å²) in [5, 5.41) is 0.0769. The van der Waals surface area contributed by atoms with Gasteiger partial charge < -0.3 is 4.74 Å². The standard InChI is InChI=1S/C21H18Cl2N2O6S/c1-3-10-24(32(29,30)19-11-14(22)4-9-17(19)23)18-12-20(27)25(21(18)28)15-5-7-16(8-6-15)31-13(2)26/h3-9,11,18H,1,10,12H2,2H3. The first kappa shape index (κ1) is 23.9. The minimum atomic E-state index is -4.29. The largest absolute Gasteiger partial charge is 0.427 e. The van der Waals surface area contributed by atoms with E-state index in [2.05, 4.69) is 6.58 Å². The number of hydrogen-bond donors (Lipinski definition) is 0. The van der Waals surface area contributed by atoms with Crippen molar-refractivity contribution in [3.63, 3.8) is 0 Å². The minimum absolute atomic E-state index is 0.0712. The average molecular weight is 497 g/mol. The van der Waals surface area contributed by atoms with Crippen molar-refractivity contribution in [2.24, 2.45) is 0 Å². The molecule has 1 saturated heterocycles. The van der Waals surface area contributed by atoms with Crippen molar-refractivity contribution in [1.29, 1.82) is 0 Å². The maximum atomic E-state index is 13.3. The summed E-state index contributed by atoms with van der Waals surface area (Å²) >= 11 is 12.0. The molecule has 8 nitrogen and oxygen atoms in total. The third-order valence-corrected chi connectivity index (χ3v) is 7.21. The second kappa shape index (κ2) is 9.41. The molecule has 0 radical (unpaired) electrons. The zero-order chi connectivity index (χ0) is 23.6. The number of anilines is 1. The second-order valence-corrected chi connectivity index (χ2v) is 9.52. The molecule has 0 bridgehead atoms. The molecule has 0 saturated carbocycles. The zero-order valence-electron chi connectivity index (χ0n) is 16.8. The lowest BCUT2D eigenvalue weighted by Crippen LogP contribution is -2.45. The van der Waals surface area contributed by atoms with Crippen LogP contribution in [0.3, 0.4) is 0 Å². The predicted octanol–water partition coefficient (Wildman–Crippen LogP) is 3.43. The van der Waals surface area contributed by atoms with Gasteiger partial charge in [-0.05, 0) is 42.5 Å². The molecule has 0 aliphatic carbocycles. The Morgan fingerprint density at radius 1 is 1.22 bits per heavy atom. The monoisotopic (exact) mass is 496 g/mol. The molecule has 1 fully saturated rings. The number of rotatable bonds is 7. The van der Waals surface area contributed by atoms with Gasteiger partial charge in [0.2, 0.25) is 15.9 Å². The van der Waals surface area contributed by atoms with Crippen LogP contribution in [0, 0.1) is 0 Å². The van der Waals surface area contributed by atoms with Gasteiger partial charge in [-0.2, -0.15) is 4.31 Å². The van der Waals surface area contributed by atoms with E-state index in [9.17, 15) is 22.8 Å². The van der Waals surface area contributed by atoms with Crippen molar-refractivity contribution in [2.75, 3.05) is 11.4 Å². The quantitative estimate of drug-likeness (QED) is 0.252. The van der Waals surface area contributed by atoms with Crippen molar-refractivity contribution in [3.8, 4) is 5.75 Å². The van der Waals surface area contributed by atoms with Crippen LogP contribution < -0.4 is 9.64 Å². The van der Waals surface area contributed by atoms with Crippen molar-refractivity contribution < 1.29 is 27.5 Å². The number of benzene rings is 2.